The second-order valence-electron chi connectivity index (χ2n) is 4.54. The van der Waals surface area contributed by atoms with E-state index < -0.39 is 0 Å². The van der Waals surface area contributed by atoms with Crippen LogP contribution in [0.25, 0.3) is 0 Å². The first kappa shape index (κ1) is 15.2. The van der Waals surface area contributed by atoms with Crippen molar-refractivity contribution in [2.24, 2.45) is 21.7 Å². The van der Waals surface area contributed by atoms with E-state index in [-0.39, 0.29) is 11.9 Å². The highest BCUT2D eigenvalue weighted by atomic mass is 16.5. The summed E-state index contributed by atoms with van der Waals surface area (Å²) in [6.07, 6.45) is 1.49. The number of esters is 1. The highest BCUT2D eigenvalue weighted by Crippen LogP contribution is 2.15. The topological polar surface area (TPSA) is 103 Å². The van der Waals surface area contributed by atoms with Crippen molar-refractivity contribution >= 4 is 18.1 Å². The van der Waals surface area contributed by atoms with Crippen LogP contribution in [-0.4, -0.2) is 18.1 Å². The summed E-state index contributed by atoms with van der Waals surface area (Å²) in [7, 11) is 0. The largest absolute Gasteiger partial charge is 0.423 e. The molecule has 0 heterocycles. The maximum atomic E-state index is 12.1. The third-order valence-corrected chi connectivity index (χ3v) is 2.84. The van der Waals surface area contributed by atoms with Crippen molar-refractivity contribution in [2.75, 3.05) is 0 Å². The number of nitrogens with two attached hydrogens (primary N) is 2. The lowest BCUT2D eigenvalue weighted by Gasteiger charge is -2.06. The third-order valence-electron chi connectivity index (χ3n) is 2.84. The molecule has 0 aliphatic rings. The SMILES string of the molecule is Cc1ccccc1C(=O)Oc1ccc(/C=N/N=C(N)N)cc1. The van der Waals surface area contributed by atoms with Crippen LogP contribution in [0.3, 0.4) is 0 Å². The van der Waals surface area contributed by atoms with E-state index in [4.69, 9.17) is 16.2 Å². The van der Waals surface area contributed by atoms with E-state index in [1.807, 2.05) is 19.1 Å². The molecule has 0 amide bonds. The predicted molar refractivity (Wildman–Crippen MR) is 86.0 cm³/mol. The summed E-state index contributed by atoms with van der Waals surface area (Å²) in [4.78, 5) is 12.1. The maximum Gasteiger partial charge on any atom is 0.343 e. The van der Waals surface area contributed by atoms with Crippen LogP contribution in [0.2, 0.25) is 0 Å². The normalized spacial score (nSPS) is 10.4. The molecule has 112 valence electrons. The van der Waals surface area contributed by atoms with Crippen molar-refractivity contribution in [3.63, 3.8) is 0 Å². The first-order valence-corrected chi connectivity index (χ1v) is 6.56. The van der Waals surface area contributed by atoms with E-state index in [0.717, 1.165) is 11.1 Å². The van der Waals surface area contributed by atoms with Crippen LogP contribution in [-0.2, 0) is 0 Å². The Kier molecular flexibility index (Phi) is 4.87. The number of ether oxygens (including phenoxy) is 1. The van der Waals surface area contributed by atoms with Gasteiger partial charge in [0.15, 0.2) is 0 Å². The number of benzene rings is 2. The Labute approximate surface area is 128 Å². The van der Waals surface area contributed by atoms with Gasteiger partial charge in [0, 0.05) is 0 Å². The highest BCUT2D eigenvalue weighted by Gasteiger charge is 2.10. The number of carbonyl (C=O) groups excluding carboxylic acids is 1. The molecule has 6 heteroatoms. The Morgan fingerprint density at radius 3 is 2.41 bits per heavy atom. The van der Waals surface area contributed by atoms with E-state index in [1.54, 1.807) is 36.4 Å². The summed E-state index contributed by atoms with van der Waals surface area (Å²) in [6, 6.07) is 14.1. The molecular formula is C16H16N4O2. The second kappa shape index (κ2) is 7.03. The Hall–Kier alpha value is -3.15. The fourth-order valence-corrected chi connectivity index (χ4v) is 1.75. The zero-order valence-electron chi connectivity index (χ0n) is 12.1. The number of nitrogens with zero attached hydrogens (tertiary/aromatic N) is 2. The molecule has 22 heavy (non-hydrogen) atoms. The van der Waals surface area contributed by atoms with Crippen molar-refractivity contribution in [3.8, 4) is 5.75 Å². The van der Waals surface area contributed by atoms with Crippen molar-refractivity contribution < 1.29 is 9.53 Å². The maximum absolute atomic E-state index is 12.1. The minimum absolute atomic E-state index is 0.111. The van der Waals surface area contributed by atoms with Crippen LogP contribution >= 0.6 is 0 Å². The Balaban J connectivity index is 2.05. The van der Waals surface area contributed by atoms with Gasteiger partial charge in [0.2, 0.25) is 5.96 Å². The van der Waals surface area contributed by atoms with Gasteiger partial charge in [0.1, 0.15) is 5.75 Å². The average Bonchev–Trinajstić information content (AvgIpc) is 2.49. The van der Waals surface area contributed by atoms with E-state index in [0.29, 0.717) is 11.3 Å². The second-order valence-corrected chi connectivity index (χ2v) is 4.54. The van der Waals surface area contributed by atoms with Gasteiger partial charge in [0.05, 0.1) is 11.8 Å². The van der Waals surface area contributed by atoms with Gasteiger partial charge in [-0.25, -0.2) is 4.79 Å². The van der Waals surface area contributed by atoms with Crippen molar-refractivity contribution in [1.29, 1.82) is 0 Å². The summed E-state index contributed by atoms with van der Waals surface area (Å²) in [6.45, 7) is 1.86. The summed E-state index contributed by atoms with van der Waals surface area (Å²) in [5.41, 5.74) is 12.5. The molecule has 0 aromatic heterocycles. The van der Waals surface area contributed by atoms with Gasteiger partial charge in [0.25, 0.3) is 0 Å². The molecule has 0 saturated carbocycles. The average molecular weight is 296 g/mol. The highest BCUT2D eigenvalue weighted by molar-refractivity contribution is 5.92. The van der Waals surface area contributed by atoms with Gasteiger partial charge < -0.3 is 16.2 Å². The molecule has 0 saturated heterocycles. The fraction of sp³-hybridized carbons (Fsp3) is 0.0625. The molecule has 0 aliphatic heterocycles. The van der Waals surface area contributed by atoms with Gasteiger partial charge in [-0.2, -0.15) is 5.10 Å². The van der Waals surface area contributed by atoms with E-state index >= 15 is 0 Å². The Morgan fingerprint density at radius 2 is 1.77 bits per heavy atom. The van der Waals surface area contributed by atoms with Gasteiger partial charge in [-0.3, -0.25) is 0 Å². The minimum Gasteiger partial charge on any atom is -0.423 e. The molecule has 2 aromatic carbocycles. The number of hydrogen-bond donors (Lipinski definition) is 2. The Morgan fingerprint density at radius 1 is 1.09 bits per heavy atom. The van der Waals surface area contributed by atoms with Crippen LogP contribution < -0.4 is 16.2 Å². The molecule has 0 bridgehead atoms. The minimum atomic E-state index is -0.389. The first-order valence-electron chi connectivity index (χ1n) is 6.56. The van der Waals surface area contributed by atoms with E-state index in [2.05, 4.69) is 10.2 Å². The number of aryl methyl sites for hydroxylation is 1. The third kappa shape index (κ3) is 4.17. The van der Waals surface area contributed by atoms with Crippen LogP contribution in [0.4, 0.5) is 0 Å². The zero-order chi connectivity index (χ0) is 15.9. The summed E-state index contributed by atoms with van der Waals surface area (Å²) in [5.74, 6) is -0.0488. The standard InChI is InChI=1S/C16H16N4O2/c1-11-4-2-3-5-14(11)15(21)22-13-8-6-12(7-9-13)10-19-20-16(17)18/h2-10H,1H3,(H4,17,18,20)/b19-10+. The molecule has 0 radical (unpaired) electrons. The first-order chi connectivity index (χ1) is 10.6. The molecule has 2 aromatic rings. The van der Waals surface area contributed by atoms with Crippen LogP contribution in [0.15, 0.2) is 58.7 Å². The van der Waals surface area contributed by atoms with Gasteiger partial charge in [-0.1, -0.05) is 18.2 Å². The molecule has 0 unspecified atom stereocenters. The van der Waals surface area contributed by atoms with Gasteiger partial charge in [-0.15, -0.1) is 5.10 Å². The van der Waals surface area contributed by atoms with E-state index in [1.165, 1.54) is 6.21 Å². The van der Waals surface area contributed by atoms with Gasteiger partial charge >= 0.3 is 5.97 Å². The Bertz CT molecular complexity index is 717. The lowest BCUT2D eigenvalue weighted by molar-refractivity contribution is 0.0734. The molecule has 0 spiro atoms. The number of hydrogen-bond acceptors (Lipinski definition) is 4. The molecule has 2 rings (SSSR count). The summed E-state index contributed by atoms with van der Waals surface area (Å²) < 4.78 is 5.33. The number of guanidine groups is 1. The van der Waals surface area contributed by atoms with Crippen LogP contribution in [0.1, 0.15) is 21.5 Å². The lowest BCUT2D eigenvalue weighted by atomic mass is 10.1. The molecule has 6 nitrogen and oxygen atoms in total. The zero-order valence-corrected chi connectivity index (χ0v) is 12.1. The number of carbonyl (C=O) groups is 1. The molecule has 0 fully saturated rings. The molecule has 4 N–H and O–H groups in total. The van der Waals surface area contributed by atoms with Crippen molar-refractivity contribution in [1.82, 2.24) is 0 Å². The van der Waals surface area contributed by atoms with Crippen LogP contribution in [0, 0.1) is 6.92 Å². The van der Waals surface area contributed by atoms with Crippen molar-refractivity contribution in [3.05, 3.63) is 65.2 Å². The quantitative estimate of drug-likeness (QED) is 0.295. The molecule has 0 aliphatic carbocycles. The molecule has 0 atom stereocenters. The monoisotopic (exact) mass is 296 g/mol. The number of rotatable bonds is 4. The molecular weight excluding hydrogens is 280 g/mol. The summed E-state index contributed by atoms with van der Waals surface area (Å²) >= 11 is 0. The van der Waals surface area contributed by atoms with E-state index in [9.17, 15) is 4.79 Å². The van der Waals surface area contributed by atoms with Crippen LogP contribution in [0.5, 0.6) is 5.75 Å². The van der Waals surface area contributed by atoms with Crippen molar-refractivity contribution in [2.45, 2.75) is 6.92 Å². The lowest BCUT2D eigenvalue weighted by Crippen LogP contribution is -2.21. The predicted octanol–water partition coefficient (Wildman–Crippen LogP) is 1.82. The van der Waals surface area contributed by atoms with Gasteiger partial charge in [-0.05, 0) is 48.4 Å². The smallest absolute Gasteiger partial charge is 0.343 e. The fourth-order valence-electron chi connectivity index (χ4n) is 1.75. The summed E-state index contributed by atoms with van der Waals surface area (Å²) in [5, 5.41) is 7.19.